The van der Waals surface area contributed by atoms with Gasteiger partial charge in [0.15, 0.2) is 0 Å². The minimum atomic E-state index is 0.416. The van der Waals surface area contributed by atoms with Gasteiger partial charge in [0.25, 0.3) is 0 Å². The molecular formula is C13H10N2OS. The average Bonchev–Trinajstić information content (AvgIpc) is 2.86. The predicted octanol–water partition coefficient (Wildman–Crippen LogP) is 3.37. The van der Waals surface area contributed by atoms with Crippen molar-refractivity contribution in [2.45, 2.75) is 0 Å². The number of ether oxygens (including phenoxy) is 1. The van der Waals surface area contributed by atoms with Gasteiger partial charge in [0.05, 0.1) is 12.8 Å². The summed E-state index contributed by atoms with van der Waals surface area (Å²) in [6.07, 6.45) is 0. The molecule has 3 rings (SSSR count). The molecule has 4 heteroatoms. The highest BCUT2D eigenvalue weighted by atomic mass is 32.1. The number of benzene rings is 1. The first-order chi connectivity index (χ1) is 8.38. The van der Waals surface area contributed by atoms with Crippen LogP contribution in [0.4, 0.5) is 0 Å². The number of hydrogen-bond donors (Lipinski definition) is 0. The number of aromatic nitrogens is 2. The van der Waals surface area contributed by atoms with Gasteiger partial charge in [0.2, 0.25) is 0 Å². The summed E-state index contributed by atoms with van der Waals surface area (Å²) >= 11 is 1.59. The van der Waals surface area contributed by atoms with E-state index < -0.39 is 0 Å². The Kier molecular flexibility index (Phi) is 2.49. The van der Waals surface area contributed by atoms with Crippen molar-refractivity contribution in [3.05, 3.63) is 41.8 Å². The number of rotatable bonds is 2. The van der Waals surface area contributed by atoms with Crippen LogP contribution in [0.3, 0.4) is 0 Å². The Morgan fingerprint density at radius 2 is 1.88 bits per heavy atom. The van der Waals surface area contributed by atoms with Crippen molar-refractivity contribution in [2.75, 3.05) is 7.11 Å². The van der Waals surface area contributed by atoms with Gasteiger partial charge < -0.3 is 4.74 Å². The number of methoxy groups -OCH3 is 1. The van der Waals surface area contributed by atoms with E-state index in [1.165, 1.54) is 0 Å². The standard InChI is InChI=1S/C13H10N2OS/c1-16-13-14-11(9-5-3-2-4-6-9)10-7-8-17-12(10)15-13/h2-8H,1H3. The Bertz CT molecular complexity index is 649. The molecule has 2 heterocycles. The van der Waals surface area contributed by atoms with Crippen LogP contribution in [0.5, 0.6) is 6.01 Å². The van der Waals surface area contributed by atoms with E-state index in [1.54, 1.807) is 18.4 Å². The molecule has 1 aromatic carbocycles. The zero-order valence-corrected chi connectivity index (χ0v) is 10.1. The van der Waals surface area contributed by atoms with Crippen LogP contribution >= 0.6 is 11.3 Å². The first kappa shape index (κ1) is 10.2. The zero-order valence-electron chi connectivity index (χ0n) is 9.25. The van der Waals surface area contributed by atoms with Gasteiger partial charge in [-0.05, 0) is 11.4 Å². The van der Waals surface area contributed by atoms with Gasteiger partial charge in [0, 0.05) is 10.9 Å². The molecule has 0 amide bonds. The van der Waals surface area contributed by atoms with Crippen LogP contribution in [0, 0.1) is 0 Å². The molecule has 0 aliphatic heterocycles. The van der Waals surface area contributed by atoms with Crippen LogP contribution in [0.15, 0.2) is 41.8 Å². The first-order valence-corrected chi connectivity index (χ1v) is 6.11. The zero-order chi connectivity index (χ0) is 11.7. The number of fused-ring (bicyclic) bond motifs is 1. The summed E-state index contributed by atoms with van der Waals surface area (Å²) < 4.78 is 5.14. The van der Waals surface area contributed by atoms with E-state index in [0.717, 1.165) is 21.5 Å². The third-order valence-corrected chi connectivity index (χ3v) is 3.34. The molecule has 0 atom stereocenters. The van der Waals surface area contributed by atoms with Gasteiger partial charge >= 0.3 is 6.01 Å². The molecule has 0 bridgehead atoms. The number of hydrogen-bond acceptors (Lipinski definition) is 4. The molecule has 0 spiro atoms. The van der Waals surface area contributed by atoms with Gasteiger partial charge in [-0.1, -0.05) is 30.3 Å². The Morgan fingerprint density at radius 3 is 2.65 bits per heavy atom. The highest BCUT2D eigenvalue weighted by Crippen LogP contribution is 2.30. The highest BCUT2D eigenvalue weighted by Gasteiger charge is 2.10. The van der Waals surface area contributed by atoms with Crippen LogP contribution in [0.2, 0.25) is 0 Å². The maximum atomic E-state index is 5.14. The lowest BCUT2D eigenvalue weighted by molar-refractivity contribution is 0.382. The van der Waals surface area contributed by atoms with Crippen LogP contribution in [-0.2, 0) is 0 Å². The van der Waals surface area contributed by atoms with Gasteiger partial charge in [-0.3, -0.25) is 0 Å². The SMILES string of the molecule is COc1nc(-c2ccccc2)c2ccsc2n1. The van der Waals surface area contributed by atoms with E-state index in [9.17, 15) is 0 Å². The lowest BCUT2D eigenvalue weighted by Gasteiger charge is -2.04. The Balaban J connectivity index is 2.30. The van der Waals surface area contributed by atoms with Gasteiger partial charge in [-0.15, -0.1) is 11.3 Å². The van der Waals surface area contributed by atoms with E-state index in [0.29, 0.717) is 6.01 Å². The van der Waals surface area contributed by atoms with E-state index in [4.69, 9.17) is 4.74 Å². The monoisotopic (exact) mass is 242 g/mol. The van der Waals surface area contributed by atoms with Crippen molar-refractivity contribution >= 4 is 21.6 Å². The quantitative estimate of drug-likeness (QED) is 0.691. The molecule has 0 saturated carbocycles. The molecule has 17 heavy (non-hydrogen) atoms. The molecule has 0 unspecified atom stereocenters. The van der Waals surface area contributed by atoms with Crippen molar-refractivity contribution in [3.63, 3.8) is 0 Å². The van der Waals surface area contributed by atoms with Crippen molar-refractivity contribution in [2.24, 2.45) is 0 Å². The second kappa shape index (κ2) is 4.14. The predicted molar refractivity (Wildman–Crippen MR) is 69.4 cm³/mol. The summed E-state index contributed by atoms with van der Waals surface area (Å²) in [5.74, 6) is 0. The Labute approximate surface area is 103 Å². The fourth-order valence-electron chi connectivity index (χ4n) is 1.74. The number of thiophene rings is 1. The fraction of sp³-hybridized carbons (Fsp3) is 0.0769. The van der Waals surface area contributed by atoms with Crippen molar-refractivity contribution in [1.29, 1.82) is 0 Å². The molecule has 0 aliphatic carbocycles. The van der Waals surface area contributed by atoms with E-state index >= 15 is 0 Å². The summed E-state index contributed by atoms with van der Waals surface area (Å²) in [5.41, 5.74) is 2.00. The third kappa shape index (κ3) is 1.76. The first-order valence-electron chi connectivity index (χ1n) is 5.23. The Hall–Kier alpha value is -1.94. The lowest BCUT2D eigenvalue weighted by Crippen LogP contribution is -1.94. The molecule has 0 radical (unpaired) electrons. The van der Waals surface area contributed by atoms with Crippen LogP contribution in [0.1, 0.15) is 0 Å². The maximum absolute atomic E-state index is 5.14. The fourth-order valence-corrected chi connectivity index (χ4v) is 2.50. The van der Waals surface area contributed by atoms with Crippen LogP contribution < -0.4 is 4.74 Å². The average molecular weight is 242 g/mol. The molecule has 0 N–H and O–H groups in total. The summed E-state index contributed by atoms with van der Waals surface area (Å²) in [6, 6.07) is 12.5. The van der Waals surface area contributed by atoms with Gasteiger partial charge in [-0.25, -0.2) is 0 Å². The van der Waals surface area contributed by atoms with Gasteiger partial charge in [-0.2, -0.15) is 9.97 Å². The van der Waals surface area contributed by atoms with E-state index in [2.05, 4.69) is 9.97 Å². The van der Waals surface area contributed by atoms with Crippen LogP contribution in [0.25, 0.3) is 21.5 Å². The molecule has 0 fully saturated rings. The Morgan fingerprint density at radius 1 is 1.06 bits per heavy atom. The normalized spacial score (nSPS) is 10.6. The molecule has 84 valence electrons. The summed E-state index contributed by atoms with van der Waals surface area (Å²) in [7, 11) is 1.59. The number of nitrogens with zero attached hydrogens (tertiary/aromatic N) is 2. The summed E-state index contributed by atoms with van der Waals surface area (Å²) in [5, 5.41) is 3.09. The van der Waals surface area contributed by atoms with Crippen molar-refractivity contribution < 1.29 is 4.74 Å². The molecule has 3 nitrogen and oxygen atoms in total. The summed E-state index contributed by atoms with van der Waals surface area (Å²) in [4.78, 5) is 9.71. The van der Waals surface area contributed by atoms with Gasteiger partial charge in [0.1, 0.15) is 4.83 Å². The molecule has 0 saturated heterocycles. The molecular weight excluding hydrogens is 232 g/mol. The summed E-state index contributed by atoms with van der Waals surface area (Å²) in [6.45, 7) is 0. The van der Waals surface area contributed by atoms with E-state index in [1.807, 2.05) is 41.8 Å². The van der Waals surface area contributed by atoms with Crippen LogP contribution in [-0.4, -0.2) is 17.1 Å². The second-order valence-corrected chi connectivity index (χ2v) is 4.46. The molecule has 0 aliphatic rings. The minimum Gasteiger partial charge on any atom is -0.467 e. The second-order valence-electron chi connectivity index (χ2n) is 3.56. The van der Waals surface area contributed by atoms with Crippen molar-refractivity contribution in [3.8, 4) is 17.3 Å². The minimum absolute atomic E-state index is 0.416. The van der Waals surface area contributed by atoms with Crippen molar-refractivity contribution in [1.82, 2.24) is 9.97 Å². The smallest absolute Gasteiger partial charge is 0.318 e. The topological polar surface area (TPSA) is 35.0 Å². The van der Waals surface area contributed by atoms with E-state index in [-0.39, 0.29) is 0 Å². The largest absolute Gasteiger partial charge is 0.467 e. The third-order valence-electron chi connectivity index (χ3n) is 2.53. The molecule has 2 aromatic heterocycles. The lowest BCUT2D eigenvalue weighted by atomic mass is 10.1. The molecule has 3 aromatic rings. The highest BCUT2D eigenvalue weighted by molar-refractivity contribution is 7.16. The maximum Gasteiger partial charge on any atom is 0.318 e.